The van der Waals surface area contributed by atoms with Crippen LogP contribution in [0.3, 0.4) is 0 Å². The van der Waals surface area contributed by atoms with Gasteiger partial charge in [-0.3, -0.25) is 24.0 Å². The van der Waals surface area contributed by atoms with Gasteiger partial charge in [0, 0.05) is 39.5 Å². The van der Waals surface area contributed by atoms with E-state index in [1.807, 2.05) is 26.0 Å². The minimum atomic E-state index is -2.51. The lowest BCUT2D eigenvalue weighted by Crippen LogP contribution is -2.64. The van der Waals surface area contributed by atoms with E-state index in [0.29, 0.717) is 62.5 Å². The van der Waals surface area contributed by atoms with Crippen LogP contribution in [-0.2, 0) is 47.7 Å². The fraction of sp³-hybridized carbons (Fsp3) is 0.721. The smallest absolute Gasteiger partial charge is 0.329 e. The predicted molar refractivity (Wildman–Crippen MR) is 204 cm³/mol. The van der Waals surface area contributed by atoms with Crippen LogP contribution >= 0.6 is 0 Å². The van der Waals surface area contributed by atoms with Gasteiger partial charge in [-0.1, -0.05) is 45.9 Å². The zero-order chi connectivity index (χ0) is 40.6. The summed E-state index contributed by atoms with van der Waals surface area (Å²) in [6.45, 7) is 13.0. The van der Waals surface area contributed by atoms with Crippen LogP contribution in [0.15, 0.2) is 36.0 Å². The van der Waals surface area contributed by atoms with Gasteiger partial charge in [0.25, 0.3) is 11.7 Å². The second-order valence-electron chi connectivity index (χ2n) is 16.5. The van der Waals surface area contributed by atoms with E-state index in [-0.39, 0.29) is 55.1 Å². The van der Waals surface area contributed by atoms with Crippen molar-refractivity contribution < 1.29 is 52.8 Å². The summed E-state index contributed by atoms with van der Waals surface area (Å²) in [5, 5.41) is 12.0. The van der Waals surface area contributed by atoms with E-state index in [9.17, 15) is 33.9 Å². The van der Waals surface area contributed by atoms with Crippen molar-refractivity contribution in [1.29, 1.82) is 0 Å². The molecule has 0 spiro atoms. The van der Waals surface area contributed by atoms with Gasteiger partial charge in [0.2, 0.25) is 5.79 Å². The molecule has 10 atom stereocenters. The average molecular weight is 770 g/mol. The normalized spacial score (nSPS) is 37.0. The van der Waals surface area contributed by atoms with Crippen molar-refractivity contribution in [3.05, 3.63) is 36.0 Å². The fourth-order valence-electron chi connectivity index (χ4n) is 8.89. The highest BCUT2D eigenvalue weighted by Gasteiger charge is 2.56. The highest BCUT2D eigenvalue weighted by molar-refractivity contribution is 6.39. The van der Waals surface area contributed by atoms with Crippen molar-refractivity contribution in [3.8, 4) is 0 Å². The Bertz CT molecular complexity index is 1510. The highest BCUT2D eigenvalue weighted by atomic mass is 16.7. The van der Waals surface area contributed by atoms with Crippen LogP contribution in [0.1, 0.15) is 112 Å². The highest BCUT2D eigenvalue weighted by Crippen LogP contribution is 2.39. The molecule has 12 nitrogen and oxygen atoms in total. The Morgan fingerprint density at radius 3 is 2.25 bits per heavy atom. The summed E-state index contributed by atoms with van der Waals surface area (Å²) in [6.07, 6.45) is 6.98. The quantitative estimate of drug-likeness (QED) is 0.159. The Balaban J connectivity index is 1.78. The maximum Gasteiger partial charge on any atom is 0.329 e. The number of carbonyl (C=O) groups is 6. The zero-order valence-electron chi connectivity index (χ0n) is 33.9. The number of aliphatic hydroxyl groups is 1. The van der Waals surface area contributed by atoms with E-state index in [1.54, 1.807) is 26.8 Å². The van der Waals surface area contributed by atoms with Crippen molar-refractivity contribution >= 4 is 35.0 Å². The third-order valence-electron chi connectivity index (χ3n) is 12.2. The number of rotatable bonds is 6. The second-order valence-corrected chi connectivity index (χ2v) is 16.5. The first-order chi connectivity index (χ1) is 26.0. The third kappa shape index (κ3) is 10.8. The van der Waals surface area contributed by atoms with Gasteiger partial charge in [0.1, 0.15) is 29.8 Å². The first kappa shape index (κ1) is 44.4. The molecule has 4 aliphatic rings. The number of ether oxygens (including phenoxy) is 4. The molecule has 0 radical (unpaired) electrons. The molecule has 1 saturated carbocycles. The third-order valence-corrected chi connectivity index (χ3v) is 12.2. The lowest BCUT2D eigenvalue weighted by molar-refractivity contribution is -0.302. The van der Waals surface area contributed by atoms with Gasteiger partial charge < -0.3 is 29.0 Å². The summed E-state index contributed by atoms with van der Waals surface area (Å²) in [6, 6.07) is -1.16. The van der Waals surface area contributed by atoms with Gasteiger partial charge in [-0.15, -0.1) is 6.58 Å². The lowest BCUT2D eigenvalue weighted by Gasteiger charge is -2.47. The fourth-order valence-corrected chi connectivity index (χ4v) is 8.89. The number of allylic oxidation sites excluding steroid dienone is 4. The van der Waals surface area contributed by atoms with Crippen molar-refractivity contribution in [2.24, 2.45) is 29.6 Å². The summed E-state index contributed by atoms with van der Waals surface area (Å²) in [7, 11) is 3.04. The van der Waals surface area contributed by atoms with Crippen LogP contribution in [0.2, 0.25) is 0 Å². The summed E-state index contributed by atoms with van der Waals surface area (Å²) in [5.41, 5.74) is 1.08. The molecule has 4 rings (SSSR count). The first-order valence-electron chi connectivity index (χ1n) is 20.1. The maximum absolute atomic E-state index is 14.2. The first-order valence-corrected chi connectivity index (χ1v) is 20.1. The van der Waals surface area contributed by atoms with Gasteiger partial charge >= 0.3 is 5.97 Å². The number of piperidine rings is 1. The van der Waals surface area contributed by atoms with Gasteiger partial charge in [0.15, 0.2) is 5.78 Å². The molecule has 3 heterocycles. The molecule has 0 aromatic rings. The molecule has 0 aromatic carbocycles. The number of nitrogens with zero attached hydrogens (tertiary/aromatic N) is 1. The number of fused-ring (bicyclic) bond motifs is 3. The Morgan fingerprint density at radius 1 is 0.964 bits per heavy atom. The summed E-state index contributed by atoms with van der Waals surface area (Å²) < 4.78 is 24.1. The SMILES string of the molecule is C=CC/C1=C\C(C)CC(C)CC(OC)C2OC(O)(C(=O)C(=O)N3CCCCC3C(=O)OC(C(C)=CC3CCC(=O)CC3)C(C)C(=O)CC1=O)C(C)CC2OC. The molecule has 55 heavy (non-hydrogen) atoms. The number of carbonyl (C=O) groups excluding carboxylic acids is 6. The molecular formula is C43H63NO11. The molecule has 1 N–H and O–H groups in total. The van der Waals surface area contributed by atoms with E-state index < -0.39 is 77.9 Å². The van der Waals surface area contributed by atoms with Gasteiger partial charge in [-0.25, -0.2) is 4.79 Å². The van der Waals surface area contributed by atoms with Crippen LogP contribution in [0.4, 0.5) is 0 Å². The van der Waals surface area contributed by atoms with Crippen LogP contribution in [0.5, 0.6) is 0 Å². The Labute approximate surface area is 326 Å². The van der Waals surface area contributed by atoms with Crippen LogP contribution in [0, 0.1) is 29.6 Å². The molecular weight excluding hydrogens is 706 g/mol. The molecule has 2 saturated heterocycles. The van der Waals surface area contributed by atoms with E-state index >= 15 is 0 Å². The monoisotopic (exact) mass is 769 g/mol. The number of methoxy groups -OCH3 is 2. The zero-order valence-corrected chi connectivity index (χ0v) is 33.9. The topological polar surface area (TPSA) is 163 Å². The van der Waals surface area contributed by atoms with Crippen LogP contribution < -0.4 is 0 Å². The molecule has 1 amide bonds. The minimum Gasteiger partial charge on any atom is -0.456 e. The predicted octanol–water partition coefficient (Wildman–Crippen LogP) is 5.43. The van der Waals surface area contributed by atoms with Crippen molar-refractivity contribution in [3.63, 3.8) is 0 Å². The van der Waals surface area contributed by atoms with E-state index in [0.717, 1.165) is 4.90 Å². The minimum absolute atomic E-state index is 0.0213. The molecule has 1 aliphatic carbocycles. The standard InChI is InChI=1S/C43H63NO11/c1-9-12-31-20-25(2)19-26(3)21-36(52-7)39-37(53-8)23-28(5)43(51,55-39)40(48)41(49)44-18-11-10-13-33(44)42(50)54-38(29(6)34(46)24-35(31)47)27(4)22-30-14-16-32(45)17-15-30/h9,20,22,25-26,28-30,33,36-39,51H,1,10-19,21,23-24H2,2-8H3/b27-22?,31-20+. The van der Waals surface area contributed by atoms with Crippen molar-refractivity contribution in [1.82, 2.24) is 4.90 Å². The Morgan fingerprint density at radius 2 is 1.62 bits per heavy atom. The molecule has 3 fully saturated rings. The molecule has 0 aromatic heterocycles. The number of hydrogen-bond donors (Lipinski definition) is 1. The molecule has 2 bridgehead atoms. The average Bonchev–Trinajstić information content (AvgIpc) is 3.16. The van der Waals surface area contributed by atoms with E-state index in [4.69, 9.17) is 18.9 Å². The summed E-state index contributed by atoms with van der Waals surface area (Å²) >= 11 is 0. The number of hydrogen-bond acceptors (Lipinski definition) is 11. The number of Topliss-reactive ketones (excluding diaryl/α,β-unsaturated/α-hetero) is 4. The lowest BCUT2D eigenvalue weighted by atomic mass is 9.81. The molecule has 306 valence electrons. The van der Waals surface area contributed by atoms with Crippen molar-refractivity contribution in [2.75, 3.05) is 20.8 Å². The molecule has 10 unspecified atom stereocenters. The number of amides is 1. The number of cyclic esters (lactones) is 1. The number of esters is 1. The van der Waals surface area contributed by atoms with Gasteiger partial charge in [-0.2, -0.15) is 0 Å². The van der Waals surface area contributed by atoms with Gasteiger partial charge in [0.05, 0.1) is 24.5 Å². The summed E-state index contributed by atoms with van der Waals surface area (Å²) in [4.78, 5) is 83.3. The maximum atomic E-state index is 14.2. The Hall–Kier alpha value is -3.32. The van der Waals surface area contributed by atoms with Crippen molar-refractivity contribution in [2.45, 2.75) is 148 Å². The van der Waals surface area contributed by atoms with Crippen LogP contribution in [0.25, 0.3) is 0 Å². The Kier molecular flexibility index (Phi) is 15.9. The van der Waals surface area contributed by atoms with E-state index in [2.05, 4.69) is 6.58 Å². The largest absolute Gasteiger partial charge is 0.456 e. The molecule has 3 aliphatic heterocycles. The summed E-state index contributed by atoms with van der Waals surface area (Å²) in [5.74, 6) is -7.84. The van der Waals surface area contributed by atoms with E-state index in [1.165, 1.54) is 14.2 Å². The van der Waals surface area contributed by atoms with Gasteiger partial charge in [-0.05, 0) is 93.6 Å². The number of ketones is 4. The second kappa shape index (κ2) is 19.7. The molecule has 12 heteroatoms. The van der Waals surface area contributed by atoms with Crippen LogP contribution in [-0.4, -0.2) is 102 Å².